The summed E-state index contributed by atoms with van der Waals surface area (Å²) in [6.45, 7) is -0.109. The lowest BCUT2D eigenvalue weighted by molar-refractivity contribution is -0.123. The molecule has 0 atom stereocenters. The molecule has 7 heteroatoms. The number of carbonyl (C=O) groups is 1. The maximum atomic E-state index is 11.7. The largest absolute Gasteiger partial charge is 0.484 e. The number of carbonyl (C=O) groups excluding carboxylic acids is 1. The molecule has 0 saturated carbocycles. The first-order chi connectivity index (χ1) is 12.2. The van der Waals surface area contributed by atoms with Crippen LogP contribution in [-0.2, 0) is 4.79 Å². The molecule has 0 aliphatic carbocycles. The van der Waals surface area contributed by atoms with Crippen LogP contribution in [0.25, 0.3) is 5.69 Å². The third-order valence-corrected chi connectivity index (χ3v) is 3.74. The van der Waals surface area contributed by atoms with Crippen LogP contribution in [0.3, 0.4) is 0 Å². The van der Waals surface area contributed by atoms with Crippen molar-refractivity contribution in [1.82, 2.24) is 15.2 Å². The summed E-state index contributed by atoms with van der Waals surface area (Å²) in [5.41, 5.74) is 4.15. The molecule has 0 fully saturated rings. The number of aromatic nitrogens is 2. The van der Waals surface area contributed by atoms with E-state index in [1.807, 2.05) is 48.7 Å². The molecule has 0 aliphatic heterocycles. The van der Waals surface area contributed by atoms with Crippen molar-refractivity contribution in [2.75, 3.05) is 6.61 Å². The van der Waals surface area contributed by atoms with Gasteiger partial charge in [-0.15, -0.1) is 0 Å². The van der Waals surface area contributed by atoms with E-state index >= 15 is 0 Å². The lowest BCUT2D eigenvalue weighted by Gasteiger charge is -2.04. The van der Waals surface area contributed by atoms with Crippen molar-refractivity contribution in [3.63, 3.8) is 0 Å². The molecule has 0 radical (unpaired) electrons. The van der Waals surface area contributed by atoms with Gasteiger partial charge in [0.1, 0.15) is 5.75 Å². The van der Waals surface area contributed by atoms with Crippen molar-refractivity contribution in [2.45, 2.75) is 0 Å². The van der Waals surface area contributed by atoms with E-state index in [0.29, 0.717) is 5.75 Å². The van der Waals surface area contributed by atoms with Gasteiger partial charge in [0.25, 0.3) is 5.91 Å². The van der Waals surface area contributed by atoms with Gasteiger partial charge in [-0.1, -0.05) is 34.1 Å². The van der Waals surface area contributed by atoms with E-state index in [1.165, 1.54) is 6.21 Å². The van der Waals surface area contributed by atoms with E-state index in [2.05, 4.69) is 31.6 Å². The first-order valence-electron chi connectivity index (χ1n) is 7.51. The molecule has 0 unspecified atom stereocenters. The minimum atomic E-state index is -0.338. The van der Waals surface area contributed by atoms with E-state index in [-0.39, 0.29) is 12.5 Å². The van der Waals surface area contributed by atoms with Crippen LogP contribution in [0, 0.1) is 0 Å². The SMILES string of the molecule is O=C(COc1ccc(Br)cc1)N/N=C\c1cnn(-c2ccccc2)c1. The van der Waals surface area contributed by atoms with E-state index in [9.17, 15) is 4.79 Å². The average Bonchev–Trinajstić information content (AvgIpc) is 3.11. The second kappa shape index (κ2) is 8.25. The average molecular weight is 399 g/mol. The van der Waals surface area contributed by atoms with Crippen molar-refractivity contribution in [3.05, 3.63) is 77.0 Å². The Kier molecular flexibility index (Phi) is 5.58. The maximum Gasteiger partial charge on any atom is 0.277 e. The van der Waals surface area contributed by atoms with Crippen molar-refractivity contribution in [1.29, 1.82) is 0 Å². The number of hydrazone groups is 1. The topological polar surface area (TPSA) is 68.5 Å². The molecular formula is C18H15BrN4O2. The number of rotatable bonds is 6. The van der Waals surface area contributed by atoms with E-state index in [0.717, 1.165) is 15.7 Å². The van der Waals surface area contributed by atoms with Gasteiger partial charge in [0.2, 0.25) is 0 Å². The third-order valence-electron chi connectivity index (χ3n) is 3.21. The second-order valence-corrected chi connectivity index (χ2v) is 6.01. The molecule has 0 bridgehead atoms. The number of ether oxygens (including phenoxy) is 1. The number of para-hydroxylation sites is 1. The molecule has 1 N–H and O–H groups in total. The quantitative estimate of drug-likeness (QED) is 0.512. The molecule has 6 nitrogen and oxygen atoms in total. The summed E-state index contributed by atoms with van der Waals surface area (Å²) in [6.07, 6.45) is 5.02. The number of nitrogens with one attached hydrogen (secondary N) is 1. The van der Waals surface area contributed by atoms with Gasteiger partial charge in [-0.25, -0.2) is 10.1 Å². The van der Waals surface area contributed by atoms with Crippen molar-refractivity contribution >= 4 is 28.1 Å². The highest BCUT2D eigenvalue weighted by Gasteiger charge is 2.02. The Morgan fingerprint density at radius 2 is 1.96 bits per heavy atom. The Hall–Kier alpha value is -2.93. The molecule has 1 aromatic heterocycles. The molecule has 0 aliphatic rings. The van der Waals surface area contributed by atoms with Crippen LogP contribution in [0.4, 0.5) is 0 Å². The minimum absolute atomic E-state index is 0.109. The fourth-order valence-electron chi connectivity index (χ4n) is 2.02. The van der Waals surface area contributed by atoms with Crippen molar-refractivity contribution < 1.29 is 9.53 Å². The molecule has 0 saturated heterocycles. The van der Waals surface area contributed by atoms with Gasteiger partial charge in [0.15, 0.2) is 6.61 Å². The molecule has 2 aromatic carbocycles. The molecule has 1 amide bonds. The minimum Gasteiger partial charge on any atom is -0.484 e. The summed E-state index contributed by atoms with van der Waals surface area (Å²) < 4.78 is 8.05. The highest BCUT2D eigenvalue weighted by atomic mass is 79.9. The smallest absolute Gasteiger partial charge is 0.277 e. The molecule has 3 rings (SSSR count). The summed E-state index contributed by atoms with van der Waals surface area (Å²) >= 11 is 3.34. The second-order valence-electron chi connectivity index (χ2n) is 5.09. The van der Waals surface area contributed by atoms with Gasteiger partial charge in [-0.3, -0.25) is 4.79 Å². The van der Waals surface area contributed by atoms with Crippen LogP contribution in [0.15, 0.2) is 76.6 Å². The molecule has 126 valence electrons. The van der Waals surface area contributed by atoms with Gasteiger partial charge < -0.3 is 4.74 Å². The summed E-state index contributed by atoms with van der Waals surface area (Å²) in [4.78, 5) is 11.7. The molecule has 0 spiro atoms. The Labute approximate surface area is 153 Å². The zero-order valence-corrected chi connectivity index (χ0v) is 14.8. The molecule has 1 heterocycles. The predicted molar refractivity (Wildman–Crippen MR) is 98.9 cm³/mol. The Balaban J connectivity index is 1.48. The van der Waals surface area contributed by atoms with E-state index in [1.54, 1.807) is 23.0 Å². The monoisotopic (exact) mass is 398 g/mol. The van der Waals surface area contributed by atoms with Gasteiger partial charge in [-0.2, -0.15) is 10.2 Å². The van der Waals surface area contributed by atoms with Crippen molar-refractivity contribution in [3.8, 4) is 11.4 Å². The summed E-state index contributed by atoms with van der Waals surface area (Å²) in [5.74, 6) is 0.279. The van der Waals surface area contributed by atoms with Gasteiger partial charge in [-0.05, 0) is 36.4 Å². The Morgan fingerprint density at radius 1 is 1.20 bits per heavy atom. The fraction of sp³-hybridized carbons (Fsp3) is 0.0556. The summed E-state index contributed by atoms with van der Waals surface area (Å²) in [6, 6.07) is 17.0. The predicted octanol–water partition coefficient (Wildman–Crippen LogP) is 3.16. The standard InChI is InChI=1S/C18H15BrN4O2/c19-15-6-8-17(9-7-15)25-13-18(24)22-20-10-14-11-21-23(12-14)16-4-2-1-3-5-16/h1-12H,13H2,(H,22,24)/b20-10-. The van der Waals surface area contributed by atoms with E-state index in [4.69, 9.17) is 4.74 Å². The van der Waals surface area contributed by atoms with Crippen LogP contribution in [0.5, 0.6) is 5.75 Å². The first kappa shape index (κ1) is 16.9. The van der Waals surface area contributed by atoms with Crippen LogP contribution >= 0.6 is 15.9 Å². The zero-order valence-electron chi connectivity index (χ0n) is 13.2. The summed E-state index contributed by atoms with van der Waals surface area (Å²) in [7, 11) is 0. The number of benzene rings is 2. The number of amides is 1. The van der Waals surface area contributed by atoms with E-state index < -0.39 is 0 Å². The molecular weight excluding hydrogens is 384 g/mol. The third kappa shape index (κ3) is 5.02. The highest BCUT2D eigenvalue weighted by molar-refractivity contribution is 9.10. The number of nitrogens with zero attached hydrogens (tertiary/aromatic N) is 3. The molecule has 25 heavy (non-hydrogen) atoms. The Morgan fingerprint density at radius 3 is 2.72 bits per heavy atom. The van der Waals surface area contributed by atoms with Crippen molar-refractivity contribution in [2.24, 2.45) is 5.10 Å². The highest BCUT2D eigenvalue weighted by Crippen LogP contribution is 2.15. The zero-order chi connectivity index (χ0) is 17.5. The van der Waals surface area contributed by atoms with Crippen LogP contribution in [-0.4, -0.2) is 28.5 Å². The summed E-state index contributed by atoms with van der Waals surface area (Å²) in [5, 5.41) is 8.16. The maximum absolute atomic E-state index is 11.7. The fourth-order valence-corrected chi connectivity index (χ4v) is 2.28. The lowest BCUT2D eigenvalue weighted by atomic mass is 10.3. The number of halogens is 1. The van der Waals surface area contributed by atoms with Crippen LogP contribution < -0.4 is 10.2 Å². The Bertz CT molecular complexity index is 860. The van der Waals surface area contributed by atoms with Crippen LogP contribution in [0.2, 0.25) is 0 Å². The number of hydrogen-bond acceptors (Lipinski definition) is 4. The van der Waals surface area contributed by atoms with Gasteiger partial charge in [0, 0.05) is 16.2 Å². The van der Waals surface area contributed by atoms with Gasteiger partial charge >= 0.3 is 0 Å². The number of hydrogen-bond donors (Lipinski definition) is 1. The first-order valence-corrected chi connectivity index (χ1v) is 8.30. The lowest BCUT2D eigenvalue weighted by Crippen LogP contribution is -2.24. The van der Waals surface area contributed by atoms with Gasteiger partial charge in [0.05, 0.1) is 18.1 Å². The van der Waals surface area contributed by atoms with Crippen LogP contribution in [0.1, 0.15) is 5.56 Å². The molecule has 3 aromatic rings. The normalized spacial score (nSPS) is 10.8.